The summed E-state index contributed by atoms with van der Waals surface area (Å²) in [7, 11) is 3.20. The van der Waals surface area contributed by atoms with Crippen LogP contribution in [0.3, 0.4) is 0 Å². The van der Waals surface area contributed by atoms with Crippen LogP contribution in [0.1, 0.15) is 18.4 Å². The van der Waals surface area contributed by atoms with Crippen LogP contribution >= 0.6 is 0 Å². The van der Waals surface area contributed by atoms with Crippen LogP contribution in [0.2, 0.25) is 0 Å². The lowest BCUT2D eigenvalue weighted by Gasteiger charge is -2.35. The predicted octanol–water partition coefficient (Wildman–Crippen LogP) is 3.49. The van der Waals surface area contributed by atoms with E-state index in [9.17, 15) is 9.50 Å². The maximum Gasteiger partial charge on any atom is 0.161 e. The summed E-state index contributed by atoms with van der Waals surface area (Å²) in [4.78, 5) is 2.27. The van der Waals surface area contributed by atoms with Crippen molar-refractivity contribution < 1.29 is 23.7 Å². The standard InChI is InChI=1S/C23H28FNO4/c1-27-18-7-8-19(24)17(9-18)14-25-12-15-10-20(26)23(11-16(15)13-25)29-22-6-4-3-5-21(22)28-2/h3-9,15-16,20,23,26H,10-14H2,1-2H3/t15-,16+,20+,23+/m0/s1. The van der Waals surface area contributed by atoms with Gasteiger partial charge in [0.05, 0.1) is 20.3 Å². The lowest BCUT2D eigenvalue weighted by Crippen LogP contribution is -2.42. The van der Waals surface area contributed by atoms with Gasteiger partial charge in [-0.25, -0.2) is 4.39 Å². The van der Waals surface area contributed by atoms with Gasteiger partial charge in [0, 0.05) is 25.2 Å². The highest BCUT2D eigenvalue weighted by atomic mass is 19.1. The van der Waals surface area contributed by atoms with E-state index < -0.39 is 6.10 Å². The molecule has 2 aromatic rings. The summed E-state index contributed by atoms with van der Waals surface area (Å²) in [5, 5.41) is 10.7. The lowest BCUT2D eigenvalue weighted by atomic mass is 9.78. The van der Waals surface area contributed by atoms with Crippen LogP contribution in [0.5, 0.6) is 17.2 Å². The van der Waals surface area contributed by atoms with E-state index in [1.54, 1.807) is 26.4 Å². The van der Waals surface area contributed by atoms with Gasteiger partial charge in [-0.2, -0.15) is 0 Å². The largest absolute Gasteiger partial charge is 0.497 e. The molecule has 1 aliphatic carbocycles. The van der Waals surface area contributed by atoms with Crippen LogP contribution in [-0.4, -0.2) is 49.5 Å². The van der Waals surface area contributed by atoms with E-state index in [-0.39, 0.29) is 11.9 Å². The first-order valence-corrected chi connectivity index (χ1v) is 10.1. The SMILES string of the molecule is COc1ccc(F)c(CN2C[C@H]3C[C@@H](Oc4ccccc4OC)[C@H](O)C[C@H]3C2)c1. The fourth-order valence-corrected chi connectivity index (χ4v) is 4.66. The van der Waals surface area contributed by atoms with Crippen molar-refractivity contribution in [2.75, 3.05) is 27.3 Å². The first kappa shape index (κ1) is 20.0. The van der Waals surface area contributed by atoms with Crippen molar-refractivity contribution in [3.63, 3.8) is 0 Å². The van der Waals surface area contributed by atoms with Crippen molar-refractivity contribution in [3.8, 4) is 17.2 Å². The Morgan fingerprint density at radius 1 is 1.00 bits per heavy atom. The van der Waals surface area contributed by atoms with Crippen LogP contribution in [0.25, 0.3) is 0 Å². The van der Waals surface area contributed by atoms with E-state index in [4.69, 9.17) is 14.2 Å². The van der Waals surface area contributed by atoms with E-state index in [1.165, 1.54) is 6.07 Å². The van der Waals surface area contributed by atoms with Gasteiger partial charge in [-0.05, 0) is 55.0 Å². The molecule has 5 nitrogen and oxygen atoms in total. The highest BCUT2D eigenvalue weighted by molar-refractivity contribution is 5.39. The minimum atomic E-state index is -0.519. The third-order valence-corrected chi connectivity index (χ3v) is 6.15. The van der Waals surface area contributed by atoms with Gasteiger partial charge in [-0.1, -0.05) is 12.1 Å². The van der Waals surface area contributed by atoms with Crippen molar-refractivity contribution in [1.82, 2.24) is 4.90 Å². The van der Waals surface area contributed by atoms with E-state index >= 15 is 0 Å². The number of nitrogens with zero attached hydrogens (tertiary/aromatic N) is 1. The molecule has 2 aliphatic rings. The number of halogens is 1. The molecule has 0 spiro atoms. The number of para-hydroxylation sites is 2. The summed E-state index contributed by atoms with van der Waals surface area (Å²) < 4.78 is 30.9. The zero-order valence-corrected chi connectivity index (χ0v) is 16.9. The van der Waals surface area contributed by atoms with Crippen LogP contribution in [0.15, 0.2) is 42.5 Å². The fraction of sp³-hybridized carbons (Fsp3) is 0.478. The van der Waals surface area contributed by atoms with Crippen molar-refractivity contribution in [1.29, 1.82) is 0 Å². The number of methoxy groups -OCH3 is 2. The maximum absolute atomic E-state index is 14.2. The molecule has 6 heteroatoms. The monoisotopic (exact) mass is 401 g/mol. The lowest BCUT2D eigenvalue weighted by molar-refractivity contribution is -0.0240. The quantitative estimate of drug-likeness (QED) is 0.803. The predicted molar refractivity (Wildman–Crippen MR) is 108 cm³/mol. The number of hydrogen-bond acceptors (Lipinski definition) is 5. The summed E-state index contributed by atoms with van der Waals surface area (Å²) in [5.74, 6) is 2.61. The summed E-state index contributed by atoms with van der Waals surface area (Å²) in [6.07, 6.45) is 0.693. The van der Waals surface area contributed by atoms with Crippen molar-refractivity contribution >= 4 is 0 Å². The minimum Gasteiger partial charge on any atom is -0.497 e. The highest BCUT2D eigenvalue weighted by Crippen LogP contribution is 2.40. The number of rotatable bonds is 6. The molecule has 0 aromatic heterocycles. The molecule has 2 fully saturated rings. The van der Waals surface area contributed by atoms with E-state index in [2.05, 4.69) is 4.90 Å². The number of hydrogen-bond donors (Lipinski definition) is 1. The summed E-state index contributed by atoms with van der Waals surface area (Å²) in [6, 6.07) is 12.4. The van der Waals surface area contributed by atoms with Crippen molar-refractivity contribution in [3.05, 3.63) is 53.8 Å². The molecule has 1 N–H and O–H groups in total. The molecule has 2 aromatic carbocycles. The molecule has 0 amide bonds. The molecule has 1 aliphatic heterocycles. The third kappa shape index (κ3) is 4.33. The number of benzene rings is 2. The first-order chi connectivity index (χ1) is 14.1. The Morgan fingerprint density at radius 2 is 1.72 bits per heavy atom. The molecule has 4 atom stereocenters. The smallest absolute Gasteiger partial charge is 0.161 e. The van der Waals surface area contributed by atoms with Gasteiger partial charge in [0.2, 0.25) is 0 Å². The van der Waals surface area contributed by atoms with Crippen LogP contribution in [0, 0.1) is 17.7 Å². The molecule has 0 radical (unpaired) electrons. The minimum absolute atomic E-state index is 0.210. The number of fused-ring (bicyclic) bond motifs is 1. The molecular weight excluding hydrogens is 373 g/mol. The van der Waals surface area contributed by atoms with E-state index in [1.807, 2.05) is 24.3 Å². The van der Waals surface area contributed by atoms with Crippen molar-refractivity contribution in [2.45, 2.75) is 31.6 Å². The number of ether oxygens (including phenoxy) is 3. The van der Waals surface area contributed by atoms with Gasteiger partial charge in [0.25, 0.3) is 0 Å². The number of aliphatic hydroxyl groups excluding tert-OH is 1. The van der Waals surface area contributed by atoms with Gasteiger partial charge in [0.1, 0.15) is 17.7 Å². The molecule has 0 bridgehead atoms. The summed E-state index contributed by atoms with van der Waals surface area (Å²) >= 11 is 0. The maximum atomic E-state index is 14.2. The van der Waals surface area contributed by atoms with Gasteiger partial charge in [-0.15, -0.1) is 0 Å². The molecule has 1 heterocycles. The Kier molecular flexibility index (Phi) is 5.92. The van der Waals surface area contributed by atoms with Gasteiger partial charge >= 0.3 is 0 Å². The average Bonchev–Trinajstić information content (AvgIpc) is 3.11. The van der Waals surface area contributed by atoms with Gasteiger partial charge in [-0.3, -0.25) is 4.90 Å². The molecule has 4 rings (SSSR count). The Morgan fingerprint density at radius 3 is 2.45 bits per heavy atom. The van der Waals surface area contributed by atoms with Crippen molar-refractivity contribution in [2.24, 2.45) is 11.8 Å². The highest BCUT2D eigenvalue weighted by Gasteiger charge is 2.42. The molecule has 0 unspecified atom stereocenters. The first-order valence-electron chi connectivity index (χ1n) is 10.1. The Labute approximate surface area is 171 Å². The normalized spacial score (nSPS) is 26.8. The van der Waals surface area contributed by atoms with Crippen LogP contribution in [0.4, 0.5) is 4.39 Å². The topological polar surface area (TPSA) is 51.2 Å². The van der Waals surface area contributed by atoms with Gasteiger partial charge in [0.15, 0.2) is 11.5 Å². The Hall–Kier alpha value is -2.31. The molecule has 156 valence electrons. The molecular formula is C23H28FNO4. The Bertz CT molecular complexity index is 845. The van der Waals surface area contributed by atoms with E-state index in [0.717, 1.165) is 19.5 Å². The second-order valence-electron chi connectivity index (χ2n) is 8.02. The van der Waals surface area contributed by atoms with Crippen LogP contribution < -0.4 is 14.2 Å². The second kappa shape index (κ2) is 8.59. The molecule has 29 heavy (non-hydrogen) atoms. The second-order valence-corrected chi connectivity index (χ2v) is 8.02. The molecule has 1 saturated heterocycles. The third-order valence-electron chi connectivity index (χ3n) is 6.15. The van der Waals surface area contributed by atoms with Gasteiger partial charge < -0.3 is 19.3 Å². The summed E-state index contributed by atoms with van der Waals surface area (Å²) in [5.41, 5.74) is 0.644. The Balaban J connectivity index is 1.41. The average molecular weight is 401 g/mol. The number of aliphatic hydroxyl groups is 1. The molecule has 1 saturated carbocycles. The zero-order chi connectivity index (χ0) is 20.4. The number of likely N-dealkylation sites (tertiary alicyclic amines) is 1. The van der Waals surface area contributed by atoms with Crippen LogP contribution in [-0.2, 0) is 6.54 Å². The summed E-state index contributed by atoms with van der Waals surface area (Å²) in [6.45, 7) is 2.28. The van der Waals surface area contributed by atoms with E-state index in [0.29, 0.717) is 47.6 Å². The fourth-order valence-electron chi connectivity index (χ4n) is 4.66. The zero-order valence-electron chi connectivity index (χ0n) is 16.9.